The Morgan fingerprint density at radius 1 is 1.05 bits per heavy atom. The van der Waals surface area contributed by atoms with E-state index >= 15 is 0 Å². The summed E-state index contributed by atoms with van der Waals surface area (Å²) in [5.41, 5.74) is 1.59. The summed E-state index contributed by atoms with van der Waals surface area (Å²) in [5, 5.41) is 13.8. The zero-order valence-corrected chi connectivity index (χ0v) is 11.9. The quantitative estimate of drug-likeness (QED) is 0.776. The van der Waals surface area contributed by atoms with Gasteiger partial charge in [-0.15, -0.1) is 0 Å². The first-order valence-corrected chi connectivity index (χ1v) is 6.78. The molecule has 0 atom stereocenters. The molecule has 0 unspecified atom stereocenters. The Kier molecular flexibility index (Phi) is 3.92. The Labute approximate surface area is 129 Å². The highest BCUT2D eigenvalue weighted by Crippen LogP contribution is 2.36. The summed E-state index contributed by atoms with van der Waals surface area (Å²) in [5.74, 6) is -0.680. The summed E-state index contributed by atoms with van der Waals surface area (Å²) in [6, 6.07) is 9.41. The van der Waals surface area contributed by atoms with Crippen LogP contribution in [0.1, 0.15) is 5.56 Å². The van der Waals surface area contributed by atoms with Crippen molar-refractivity contribution in [3.8, 4) is 22.6 Å². The van der Waals surface area contributed by atoms with Crippen molar-refractivity contribution in [1.82, 2.24) is 5.16 Å². The van der Waals surface area contributed by atoms with E-state index < -0.39 is 5.82 Å². The van der Waals surface area contributed by atoms with E-state index in [0.717, 1.165) is 0 Å². The number of halogens is 3. The molecule has 2 aromatic carbocycles. The fraction of sp³-hybridized carbons (Fsp3) is 0.0625. The molecule has 0 saturated heterocycles. The van der Waals surface area contributed by atoms with Gasteiger partial charge < -0.3 is 9.63 Å². The predicted octanol–water partition coefficient (Wildman–Crippen LogP) is 4.43. The van der Waals surface area contributed by atoms with E-state index in [2.05, 4.69) is 5.16 Å². The van der Waals surface area contributed by atoms with Gasteiger partial charge in [-0.25, -0.2) is 8.78 Å². The zero-order valence-electron chi connectivity index (χ0n) is 11.2. The van der Waals surface area contributed by atoms with Gasteiger partial charge in [-0.2, -0.15) is 0 Å². The minimum Gasteiger partial charge on any atom is -0.391 e. The van der Waals surface area contributed by atoms with Crippen LogP contribution >= 0.6 is 11.6 Å². The van der Waals surface area contributed by atoms with Gasteiger partial charge in [-0.3, -0.25) is 0 Å². The number of hydrogen-bond donors (Lipinski definition) is 1. The number of aliphatic hydroxyl groups excluding tert-OH is 1. The molecule has 0 saturated carbocycles. The summed E-state index contributed by atoms with van der Waals surface area (Å²) in [7, 11) is 0. The lowest BCUT2D eigenvalue weighted by molar-refractivity contribution is 0.281. The molecule has 6 heteroatoms. The maximum Gasteiger partial charge on any atom is 0.174 e. The summed E-state index contributed by atoms with van der Waals surface area (Å²) < 4.78 is 31.7. The molecule has 0 bridgehead atoms. The average Bonchev–Trinajstić information content (AvgIpc) is 2.94. The average molecular weight is 322 g/mol. The molecule has 3 aromatic rings. The molecular weight excluding hydrogens is 312 g/mol. The third-order valence-corrected chi connectivity index (χ3v) is 3.57. The van der Waals surface area contributed by atoms with Crippen LogP contribution in [-0.4, -0.2) is 10.3 Å². The highest BCUT2D eigenvalue weighted by molar-refractivity contribution is 6.33. The molecule has 1 heterocycles. The fourth-order valence-corrected chi connectivity index (χ4v) is 2.38. The minimum absolute atomic E-state index is 0.186. The standard InChI is InChI=1S/C16H10ClF2NO2/c17-14-6-5-11(19)7-12(14)16-13(8-21)15(20-22-16)9-1-3-10(18)4-2-9/h1-7,21H,8H2. The molecule has 0 aliphatic rings. The van der Waals surface area contributed by atoms with Gasteiger partial charge in [0.2, 0.25) is 0 Å². The third-order valence-electron chi connectivity index (χ3n) is 3.24. The van der Waals surface area contributed by atoms with Crippen LogP contribution < -0.4 is 0 Å². The molecule has 3 rings (SSSR count). The van der Waals surface area contributed by atoms with Crippen molar-refractivity contribution in [3.63, 3.8) is 0 Å². The fourth-order valence-electron chi connectivity index (χ4n) is 2.17. The van der Waals surface area contributed by atoms with Crippen LogP contribution in [-0.2, 0) is 6.61 Å². The second-order valence-electron chi connectivity index (χ2n) is 4.63. The van der Waals surface area contributed by atoms with Crippen molar-refractivity contribution in [2.75, 3.05) is 0 Å². The molecule has 0 aliphatic heterocycles. The van der Waals surface area contributed by atoms with Crippen molar-refractivity contribution >= 4 is 11.6 Å². The first kappa shape index (κ1) is 14.7. The van der Waals surface area contributed by atoms with Gasteiger partial charge in [0, 0.05) is 11.1 Å². The Bertz CT molecular complexity index is 816. The Hall–Kier alpha value is -2.24. The van der Waals surface area contributed by atoms with Crippen molar-refractivity contribution in [3.05, 3.63) is 64.7 Å². The number of benzene rings is 2. The van der Waals surface area contributed by atoms with Gasteiger partial charge in [-0.05, 0) is 42.5 Å². The molecule has 0 amide bonds. The van der Waals surface area contributed by atoms with Gasteiger partial charge in [0.15, 0.2) is 5.76 Å². The van der Waals surface area contributed by atoms with E-state index in [1.165, 1.54) is 42.5 Å². The second-order valence-corrected chi connectivity index (χ2v) is 5.04. The van der Waals surface area contributed by atoms with E-state index in [4.69, 9.17) is 16.1 Å². The molecule has 0 spiro atoms. The predicted molar refractivity (Wildman–Crippen MR) is 78.2 cm³/mol. The molecule has 0 fully saturated rings. The lowest BCUT2D eigenvalue weighted by Crippen LogP contribution is -1.90. The minimum atomic E-state index is -0.483. The number of nitrogens with zero attached hydrogens (tertiary/aromatic N) is 1. The van der Waals surface area contributed by atoms with Crippen LogP contribution in [0, 0.1) is 11.6 Å². The van der Waals surface area contributed by atoms with Gasteiger partial charge in [0.25, 0.3) is 0 Å². The molecule has 0 radical (unpaired) electrons. The van der Waals surface area contributed by atoms with Crippen LogP contribution in [0.2, 0.25) is 5.02 Å². The number of aliphatic hydroxyl groups is 1. The lowest BCUT2D eigenvalue weighted by Gasteiger charge is -2.03. The summed E-state index contributed by atoms with van der Waals surface area (Å²) in [6.45, 7) is -0.377. The monoisotopic (exact) mass is 321 g/mol. The van der Waals surface area contributed by atoms with Crippen LogP contribution in [0.4, 0.5) is 8.78 Å². The van der Waals surface area contributed by atoms with Gasteiger partial charge >= 0.3 is 0 Å². The SMILES string of the molecule is OCc1c(-c2ccc(F)cc2)noc1-c1cc(F)ccc1Cl. The number of aromatic nitrogens is 1. The molecular formula is C16H10ClF2NO2. The van der Waals surface area contributed by atoms with Crippen molar-refractivity contribution in [2.24, 2.45) is 0 Å². The van der Waals surface area contributed by atoms with Crippen LogP contribution in [0.25, 0.3) is 22.6 Å². The molecule has 1 aromatic heterocycles. The van der Waals surface area contributed by atoms with Gasteiger partial charge in [0.05, 0.1) is 17.2 Å². The third kappa shape index (κ3) is 2.61. The Morgan fingerprint density at radius 3 is 2.41 bits per heavy atom. The normalized spacial score (nSPS) is 10.9. The number of hydrogen-bond acceptors (Lipinski definition) is 3. The van der Waals surface area contributed by atoms with E-state index in [1.54, 1.807) is 0 Å². The lowest BCUT2D eigenvalue weighted by atomic mass is 10.0. The first-order chi connectivity index (χ1) is 10.6. The Balaban J connectivity index is 2.15. The van der Waals surface area contributed by atoms with Crippen LogP contribution in [0.5, 0.6) is 0 Å². The first-order valence-electron chi connectivity index (χ1n) is 6.41. The van der Waals surface area contributed by atoms with Crippen molar-refractivity contribution in [2.45, 2.75) is 6.61 Å². The van der Waals surface area contributed by atoms with Gasteiger partial charge in [-0.1, -0.05) is 16.8 Å². The van der Waals surface area contributed by atoms with E-state index in [-0.39, 0.29) is 23.2 Å². The summed E-state index contributed by atoms with van der Waals surface area (Å²) in [4.78, 5) is 0. The maximum absolute atomic E-state index is 13.4. The largest absolute Gasteiger partial charge is 0.391 e. The van der Waals surface area contributed by atoms with Crippen molar-refractivity contribution < 1.29 is 18.4 Å². The van der Waals surface area contributed by atoms with Gasteiger partial charge in [0.1, 0.15) is 17.3 Å². The molecule has 0 aliphatic carbocycles. The number of rotatable bonds is 3. The van der Waals surface area contributed by atoms with Crippen molar-refractivity contribution in [1.29, 1.82) is 0 Å². The van der Waals surface area contributed by atoms with Crippen LogP contribution in [0.3, 0.4) is 0 Å². The summed E-state index contributed by atoms with van der Waals surface area (Å²) in [6.07, 6.45) is 0. The highest BCUT2D eigenvalue weighted by atomic mass is 35.5. The topological polar surface area (TPSA) is 46.3 Å². The highest BCUT2D eigenvalue weighted by Gasteiger charge is 2.20. The maximum atomic E-state index is 13.4. The smallest absolute Gasteiger partial charge is 0.174 e. The van der Waals surface area contributed by atoms with E-state index in [9.17, 15) is 13.9 Å². The van der Waals surface area contributed by atoms with Crippen LogP contribution in [0.15, 0.2) is 47.0 Å². The molecule has 112 valence electrons. The summed E-state index contributed by atoms with van der Waals surface area (Å²) >= 11 is 6.05. The Morgan fingerprint density at radius 2 is 1.73 bits per heavy atom. The second kappa shape index (κ2) is 5.87. The molecule has 22 heavy (non-hydrogen) atoms. The zero-order chi connectivity index (χ0) is 15.7. The van der Waals surface area contributed by atoms with E-state index in [1.807, 2.05) is 0 Å². The van der Waals surface area contributed by atoms with E-state index in [0.29, 0.717) is 22.4 Å². The molecule has 3 nitrogen and oxygen atoms in total. The molecule has 1 N–H and O–H groups in total.